The molecule has 0 unspecified atom stereocenters. The fourth-order valence-corrected chi connectivity index (χ4v) is 3.26. The van der Waals surface area contributed by atoms with Crippen molar-refractivity contribution >= 4 is 28.3 Å². The van der Waals surface area contributed by atoms with Crippen molar-refractivity contribution in [2.24, 2.45) is 0 Å². The van der Waals surface area contributed by atoms with Gasteiger partial charge >= 0.3 is 0 Å². The predicted octanol–water partition coefficient (Wildman–Crippen LogP) is 5.12. The maximum absolute atomic E-state index is 12.2. The summed E-state index contributed by atoms with van der Waals surface area (Å²) < 4.78 is 0. The van der Waals surface area contributed by atoms with E-state index in [0.717, 1.165) is 10.5 Å². The van der Waals surface area contributed by atoms with Crippen molar-refractivity contribution in [1.29, 1.82) is 0 Å². The van der Waals surface area contributed by atoms with E-state index >= 15 is 0 Å². The number of Topliss-reactive ketones (excluding diaryl/α,β-unsaturated/α-hetero) is 1. The molecular weight excluding hydrogens is 276 g/mol. The zero-order valence-corrected chi connectivity index (χ0v) is 12.7. The minimum absolute atomic E-state index is 0.174. The summed E-state index contributed by atoms with van der Waals surface area (Å²) in [6.07, 6.45) is 0. The Morgan fingerprint density at radius 1 is 0.905 bits per heavy atom. The third-order valence-electron chi connectivity index (χ3n) is 3.48. The van der Waals surface area contributed by atoms with Gasteiger partial charge in [-0.2, -0.15) is 0 Å². The van der Waals surface area contributed by atoms with Crippen LogP contribution < -0.4 is 0 Å². The second-order valence-electron chi connectivity index (χ2n) is 5.06. The molecule has 104 valence electrons. The number of fused-ring (bicyclic) bond motifs is 1. The molecule has 0 saturated carbocycles. The summed E-state index contributed by atoms with van der Waals surface area (Å²) >= 11 is 1.61. The van der Waals surface area contributed by atoms with Gasteiger partial charge in [0.1, 0.15) is 0 Å². The van der Waals surface area contributed by atoms with Crippen molar-refractivity contribution in [2.45, 2.75) is 11.8 Å². The molecule has 0 heterocycles. The fraction of sp³-hybridized carbons (Fsp3) is 0.105. The molecule has 0 N–H and O–H groups in total. The second kappa shape index (κ2) is 6.15. The molecule has 0 radical (unpaired) electrons. The average molecular weight is 292 g/mol. The number of hydrogen-bond acceptors (Lipinski definition) is 2. The van der Waals surface area contributed by atoms with Gasteiger partial charge in [0.25, 0.3) is 0 Å². The van der Waals surface area contributed by atoms with Gasteiger partial charge in [0, 0.05) is 10.5 Å². The number of thioether (sulfide) groups is 1. The molecule has 2 heteroatoms. The minimum atomic E-state index is 0.174. The molecule has 3 aromatic rings. The Morgan fingerprint density at radius 2 is 1.62 bits per heavy atom. The maximum Gasteiger partial charge on any atom is 0.173 e. The SMILES string of the molecule is Cc1ccc(C(=O)CSc2cccc3ccccc23)cc1. The Bertz CT molecular complexity index is 770. The van der Waals surface area contributed by atoms with Crippen molar-refractivity contribution in [3.63, 3.8) is 0 Å². The van der Waals surface area contributed by atoms with Crippen molar-refractivity contribution < 1.29 is 4.79 Å². The van der Waals surface area contributed by atoms with Crippen LogP contribution in [0.1, 0.15) is 15.9 Å². The number of carbonyl (C=O) groups is 1. The number of benzene rings is 3. The van der Waals surface area contributed by atoms with Crippen LogP contribution in [-0.4, -0.2) is 11.5 Å². The van der Waals surface area contributed by atoms with E-state index in [2.05, 4.69) is 24.3 Å². The van der Waals surface area contributed by atoms with Crippen LogP contribution in [0, 0.1) is 6.92 Å². The molecule has 0 atom stereocenters. The van der Waals surface area contributed by atoms with Crippen LogP contribution in [0.4, 0.5) is 0 Å². The van der Waals surface area contributed by atoms with Gasteiger partial charge in [-0.15, -0.1) is 11.8 Å². The molecule has 1 nitrogen and oxygen atoms in total. The number of hydrogen-bond donors (Lipinski definition) is 0. The van der Waals surface area contributed by atoms with Gasteiger partial charge in [-0.25, -0.2) is 0 Å². The van der Waals surface area contributed by atoms with E-state index in [9.17, 15) is 4.79 Å². The summed E-state index contributed by atoms with van der Waals surface area (Å²) in [5.41, 5.74) is 1.96. The predicted molar refractivity (Wildman–Crippen MR) is 90.2 cm³/mol. The first-order chi connectivity index (χ1) is 10.2. The van der Waals surface area contributed by atoms with Gasteiger partial charge in [0.2, 0.25) is 0 Å². The first kappa shape index (κ1) is 13.9. The summed E-state index contributed by atoms with van der Waals surface area (Å²) in [7, 11) is 0. The number of rotatable bonds is 4. The molecule has 21 heavy (non-hydrogen) atoms. The summed E-state index contributed by atoms with van der Waals surface area (Å²) in [4.78, 5) is 13.4. The van der Waals surface area contributed by atoms with E-state index in [0.29, 0.717) is 5.75 Å². The lowest BCUT2D eigenvalue weighted by Crippen LogP contribution is -2.02. The van der Waals surface area contributed by atoms with Crippen molar-refractivity contribution in [3.05, 3.63) is 77.9 Å². The molecule has 0 aliphatic rings. The quantitative estimate of drug-likeness (QED) is 0.490. The molecule has 0 aromatic heterocycles. The largest absolute Gasteiger partial charge is 0.293 e. The topological polar surface area (TPSA) is 17.1 Å². The van der Waals surface area contributed by atoms with Gasteiger partial charge in [-0.1, -0.05) is 66.2 Å². The second-order valence-corrected chi connectivity index (χ2v) is 6.07. The highest BCUT2D eigenvalue weighted by atomic mass is 32.2. The number of aryl methyl sites for hydroxylation is 1. The highest BCUT2D eigenvalue weighted by Crippen LogP contribution is 2.28. The zero-order chi connectivity index (χ0) is 14.7. The van der Waals surface area contributed by atoms with Crippen LogP contribution in [0.5, 0.6) is 0 Å². The lowest BCUT2D eigenvalue weighted by atomic mass is 10.1. The fourth-order valence-electron chi connectivity index (χ4n) is 2.29. The summed E-state index contributed by atoms with van der Waals surface area (Å²) in [5.74, 6) is 0.643. The Labute approximate surface area is 129 Å². The third kappa shape index (κ3) is 3.17. The molecule has 0 saturated heterocycles. The number of ketones is 1. The molecule has 0 fully saturated rings. The number of carbonyl (C=O) groups excluding carboxylic acids is 1. The van der Waals surface area contributed by atoms with Gasteiger partial charge in [-0.3, -0.25) is 4.79 Å². The molecule has 0 aliphatic heterocycles. The van der Waals surface area contributed by atoms with Gasteiger partial charge < -0.3 is 0 Å². The highest BCUT2D eigenvalue weighted by molar-refractivity contribution is 8.00. The average Bonchev–Trinajstić information content (AvgIpc) is 2.53. The van der Waals surface area contributed by atoms with Crippen LogP contribution in [0.3, 0.4) is 0 Å². The van der Waals surface area contributed by atoms with Crippen LogP contribution in [0.15, 0.2) is 71.6 Å². The van der Waals surface area contributed by atoms with E-state index < -0.39 is 0 Å². The minimum Gasteiger partial charge on any atom is -0.293 e. The first-order valence-corrected chi connectivity index (χ1v) is 7.93. The molecule has 0 spiro atoms. The lowest BCUT2D eigenvalue weighted by molar-refractivity contribution is 0.102. The van der Waals surface area contributed by atoms with Crippen LogP contribution >= 0.6 is 11.8 Å². The standard InChI is InChI=1S/C19H16OS/c1-14-9-11-16(12-10-14)18(20)13-21-19-8-4-6-15-5-2-3-7-17(15)19/h2-12H,13H2,1H3. The van der Waals surface area contributed by atoms with Crippen molar-refractivity contribution in [1.82, 2.24) is 0 Å². The maximum atomic E-state index is 12.2. The highest BCUT2D eigenvalue weighted by Gasteiger charge is 2.08. The zero-order valence-electron chi connectivity index (χ0n) is 11.9. The van der Waals surface area contributed by atoms with Crippen LogP contribution in [-0.2, 0) is 0 Å². The van der Waals surface area contributed by atoms with Crippen molar-refractivity contribution in [3.8, 4) is 0 Å². The van der Waals surface area contributed by atoms with Gasteiger partial charge in [0.15, 0.2) is 5.78 Å². The molecule has 0 aliphatic carbocycles. The first-order valence-electron chi connectivity index (χ1n) is 6.94. The van der Waals surface area contributed by atoms with Gasteiger partial charge in [-0.05, 0) is 23.8 Å². The monoisotopic (exact) mass is 292 g/mol. The summed E-state index contributed by atoms with van der Waals surface area (Å²) in [6.45, 7) is 2.03. The Balaban J connectivity index is 1.77. The normalized spacial score (nSPS) is 10.7. The van der Waals surface area contributed by atoms with Crippen LogP contribution in [0.25, 0.3) is 10.8 Å². The van der Waals surface area contributed by atoms with E-state index in [1.165, 1.54) is 16.3 Å². The van der Waals surface area contributed by atoms with E-state index in [1.807, 2.05) is 49.4 Å². The Hall–Kier alpha value is -2.06. The van der Waals surface area contributed by atoms with Gasteiger partial charge in [0.05, 0.1) is 5.75 Å². The lowest BCUT2D eigenvalue weighted by Gasteiger charge is -2.06. The van der Waals surface area contributed by atoms with Crippen LogP contribution in [0.2, 0.25) is 0 Å². The molecule has 0 bridgehead atoms. The smallest absolute Gasteiger partial charge is 0.173 e. The van der Waals surface area contributed by atoms with E-state index in [4.69, 9.17) is 0 Å². The molecular formula is C19H16OS. The van der Waals surface area contributed by atoms with Crippen molar-refractivity contribution in [2.75, 3.05) is 5.75 Å². The Kier molecular flexibility index (Phi) is 4.07. The molecule has 3 rings (SSSR count). The van der Waals surface area contributed by atoms with E-state index in [-0.39, 0.29) is 5.78 Å². The molecule has 3 aromatic carbocycles. The third-order valence-corrected chi connectivity index (χ3v) is 4.56. The van der Waals surface area contributed by atoms with E-state index in [1.54, 1.807) is 11.8 Å². The molecule has 0 amide bonds. The Morgan fingerprint density at radius 3 is 2.43 bits per heavy atom. The summed E-state index contributed by atoms with van der Waals surface area (Å²) in [5, 5.41) is 2.42. The summed E-state index contributed by atoms with van der Waals surface area (Å²) in [6, 6.07) is 22.3.